The molecule has 47 heteroatoms. The number of hydrogen-bond acceptors (Lipinski definition) is 24. The second-order valence-electron chi connectivity index (χ2n) is 25.5. The number of aliphatic hydroxyl groups excluding tert-OH is 1. The number of methoxy groups -OCH3 is 4. The van der Waals surface area contributed by atoms with Crippen LogP contribution in [-0.4, -0.2) is 226 Å². The van der Waals surface area contributed by atoms with Crippen LogP contribution in [0.1, 0.15) is 92.2 Å². The minimum atomic E-state index is -5.84. The van der Waals surface area contributed by atoms with Gasteiger partial charge in [-0.15, -0.1) is 0 Å². The van der Waals surface area contributed by atoms with Crippen molar-refractivity contribution in [1.29, 1.82) is 0 Å². The van der Waals surface area contributed by atoms with Gasteiger partial charge in [0, 0.05) is 92.7 Å². The number of hydrogen-bond donors (Lipinski definition) is 9. The van der Waals surface area contributed by atoms with E-state index in [2.05, 4.69) is 10.6 Å². The first-order valence-electron chi connectivity index (χ1n) is 31.5. The van der Waals surface area contributed by atoms with Crippen LogP contribution in [0, 0.1) is 11.8 Å². The second-order valence-corrected chi connectivity index (χ2v) is 30.5. The average Bonchev–Trinajstić information content (AvgIpc) is 1.58. The summed E-state index contributed by atoms with van der Waals surface area (Å²) in [6.45, 7) is 13.3. The van der Waals surface area contributed by atoms with Gasteiger partial charge < -0.3 is 72.9 Å². The van der Waals surface area contributed by atoms with E-state index in [1.54, 1.807) is 58.3 Å². The van der Waals surface area contributed by atoms with E-state index in [9.17, 15) is 78.8 Å². The maximum absolute atomic E-state index is 13.6. The van der Waals surface area contributed by atoms with E-state index < -0.39 is 154 Å². The molecule has 0 aliphatic carbocycles. The van der Waals surface area contributed by atoms with Crippen LogP contribution in [0.15, 0.2) is 71.9 Å². The fourth-order valence-corrected chi connectivity index (χ4v) is 11.9. The quantitative estimate of drug-likeness (QED) is 0.0341. The number of alkyl carbamates (subject to hydrolysis) is 2. The molecule has 4 saturated heterocycles. The Bertz CT molecular complexity index is 4020. The number of fused-ring (bicyclic) bond motifs is 10. The number of allylic oxidation sites excluding steroid dienone is 6. The molecule has 6 heterocycles. The van der Waals surface area contributed by atoms with Crippen LogP contribution >= 0.6 is 23.2 Å². The van der Waals surface area contributed by atoms with Crippen molar-refractivity contribution < 1.29 is 196 Å². The van der Waals surface area contributed by atoms with Crippen LogP contribution in [-0.2, 0) is 121 Å². The Morgan fingerprint density at radius 2 is 0.909 bits per heavy atom. The maximum atomic E-state index is 13.6. The normalized spacial score (nSPS) is 30.2. The number of nitrogens with one attached hydrogen (secondary N) is 2. The van der Waals surface area contributed by atoms with E-state index in [4.69, 9.17) is 115 Å². The Balaban J connectivity index is 0.000000550. The number of carboxylic acids is 1. The van der Waals surface area contributed by atoms with E-state index in [0.29, 0.717) is 35.7 Å². The number of aliphatic carboxylic acids is 1. The fraction of sp³-hybridized carbons (Fsp3) is 0.587. The molecule has 32 nitrogen and oxygen atoms in total. The number of ether oxygens (including phenoxy) is 9. The van der Waals surface area contributed by atoms with Gasteiger partial charge in [0.05, 0.1) is 56.7 Å². The predicted molar refractivity (Wildman–Crippen MR) is 365 cm³/mol. The first-order valence-corrected chi connectivity index (χ1v) is 36.5. The molecular weight excluding hydrogens is 1640 g/mol. The summed E-state index contributed by atoms with van der Waals surface area (Å²) in [5.41, 5.74) is -17.7. The van der Waals surface area contributed by atoms with Crippen molar-refractivity contribution in [1.82, 2.24) is 10.6 Å². The number of epoxide rings is 2. The monoisotopic (exact) mass is 1730 g/mol. The van der Waals surface area contributed by atoms with Gasteiger partial charge in [-0.25, -0.2) is 9.59 Å². The molecular formula is C63H83Cl2F9N4O28S3Sc. The number of alkyl halides is 9. The van der Waals surface area contributed by atoms with Crippen LogP contribution in [0.4, 0.5) is 60.5 Å². The zero-order valence-electron chi connectivity index (χ0n) is 60.8. The molecule has 14 atom stereocenters. The van der Waals surface area contributed by atoms with E-state index in [-0.39, 0.29) is 73.4 Å². The van der Waals surface area contributed by atoms with Crippen molar-refractivity contribution in [3.63, 3.8) is 0 Å². The zero-order valence-corrected chi connectivity index (χ0v) is 66.6. The number of anilines is 2. The number of benzene rings is 2. The summed E-state index contributed by atoms with van der Waals surface area (Å²) in [6.07, 6.45) is 3.30. The molecule has 2 aromatic carbocycles. The van der Waals surface area contributed by atoms with Gasteiger partial charge in [-0.1, -0.05) is 84.7 Å². The largest absolute Gasteiger partial charge is 0.522 e. The summed E-state index contributed by atoms with van der Waals surface area (Å²) in [5.74, 6) is -2.11. The predicted octanol–water partition coefficient (Wildman–Crippen LogP) is 8.07. The number of aliphatic hydroxyl groups is 3. The first-order chi connectivity index (χ1) is 49.5. The Labute approximate surface area is 654 Å². The summed E-state index contributed by atoms with van der Waals surface area (Å²) >= 11 is 13.2. The average molecular weight is 1730 g/mol. The number of rotatable bonds is 5. The SMILES string of the molecule is CC(=O)O.COc1cc2cc(c1Cl)N(C)C(=O)C[C@H](O)[C@]1(C)OC1[C@H](C)[C@@H]1C[C@@](O)(NC(=O)O1)[C@H](OC)/C=C/C=C(\C)C2.COc1cc2cc(c1Cl)N(C)C(=O)C[C@H](OC(C)=O)[C@]1(C)OC1[C@H](C)[C@@H]1C[C@@](O)(NC(=O)O1)[C@H](OC)/C=C/C=C(\C)C2.O=S(=O)(O)C(F)(F)F.O=S(=O)(O)C(F)(F)F.O=S(=O)(O)C(F)(F)F.[Sc]. The number of carbonyl (C=O) groups is 6. The zero-order chi connectivity index (χ0) is 84.3. The summed E-state index contributed by atoms with van der Waals surface area (Å²) in [6, 6.07) is 7.25. The van der Waals surface area contributed by atoms with Crippen LogP contribution in [0.5, 0.6) is 11.5 Å². The van der Waals surface area contributed by atoms with Gasteiger partial charge in [0.15, 0.2) is 11.4 Å². The summed E-state index contributed by atoms with van der Waals surface area (Å²) < 4.78 is 223. The molecule has 1 radical (unpaired) electrons. The molecule has 2 unspecified atom stereocenters. The van der Waals surface area contributed by atoms with Crippen molar-refractivity contribution >= 4 is 101 Å². The third-order valence-electron chi connectivity index (χ3n) is 17.1. The molecule has 9 N–H and O–H groups in total. The van der Waals surface area contributed by atoms with Crippen molar-refractivity contribution in [2.45, 2.75) is 182 Å². The molecule has 0 spiro atoms. The van der Waals surface area contributed by atoms with Crippen molar-refractivity contribution in [2.75, 3.05) is 52.3 Å². The van der Waals surface area contributed by atoms with E-state index in [1.165, 1.54) is 45.2 Å². The fourth-order valence-electron chi connectivity index (χ4n) is 11.3. The van der Waals surface area contributed by atoms with Gasteiger partial charge in [0.2, 0.25) is 11.8 Å². The molecule has 6 aliphatic rings. The van der Waals surface area contributed by atoms with Crippen LogP contribution in [0.3, 0.4) is 0 Å². The third-order valence-corrected chi connectivity index (χ3v) is 19.6. The van der Waals surface area contributed by atoms with E-state index >= 15 is 0 Å². The summed E-state index contributed by atoms with van der Waals surface area (Å²) in [5, 5.41) is 47.0. The van der Waals surface area contributed by atoms with Crippen LogP contribution in [0.2, 0.25) is 10.0 Å². The van der Waals surface area contributed by atoms with Crippen molar-refractivity contribution in [3.8, 4) is 11.5 Å². The van der Waals surface area contributed by atoms with Gasteiger partial charge in [-0.2, -0.15) is 64.8 Å². The smallest absolute Gasteiger partial charge is 0.495 e. The number of carboxylic acid groups (broad SMARTS) is 1. The molecule has 6 aliphatic heterocycles. The van der Waals surface area contributed by atoms with E-state index in [1.807, 2.05) is 58.0 Å². The molecule has 110 heavy (non-hydrogen) atoms. The first kappa shape index (κ1) is 99.8. The van der Waals surface area contributed by atoms with Crippen LogP contribution < -0.4 is 29.9 Å². The van der Waals surface area contributed by atoms with Gasteiger partial charge >= 0.3 is 65.0 Å². The van der Waals surface area contributed by atoms with Gasteiger partial charge in [-0.3, -0.25) is 43.5 Å². The Hall–Kier alpha value is -6.31. The van der Waals surface area contributed by atoms with E-state index in [0.717, 1.165) is 29.2 Å². The van der Waals surface area contributed by atoms with Crippen molar-refractivity contribution in [3.05, 3.63) is 93.0 Å². The topological polar surface area (TPSA) is 467 Å². The summed E-state index contributed by atoms with van der Waals surface area (Å²) in [4.78, 5) is 75.9. The maximum Gasteiger partial charge on any atom is 0.522 e. The Morgan fingerprint density at radius 3 is 1.21 bits per heavy atom. The number of carbonyl (C=O) groups excluding carboxylic acids is 5. The van der Waals surface area contributed by atoms with Gasteiger partial charge in [0.1, 0.15) is 63.3 Å². The summed E-state index contributed by atoms with van der Waals surface area (Å²) in [7, 11) is -8.42. The van der Waals surface area contributed by atoms with Crippen LogP contribution in [0.25, 0.3) is 0 Å². The molecule has 8 rings (SSSR count). The van der Waals surface area contributed by atoms with Gasteiger partial charge in [-0.05, 0) is 75.9 Å². The third kappa shape index (κ3) is 27.2. The number of halogens is 11. The molecule has 4 fully saturated rings. The molecule has 4 amide bonds. The minimum Gasteiger partial charge on any atom is -0.495 e. The number of nitrogens with zero attached hydrogens (tertiary/aromatic N) is 2. The molecule has 0 aromatic heterocycles. The molecule has 8 bridgehead atoms. The second kappa shape index (κ2) is 39.2. The number of amides is 4. The molecule has 0 saturated carbocycles. The minimum absolute atomic E-state index is 0. The Kier molecular flexibility index (Phi) is 35.5. The Morgan fingerprint density at radius 1 is 0.600 bits per heavy atom. The number of esters is 1. The van der Waals surface area contributed by atoms with Crippen molar-refractivity contribution in [2.24, 2.45) is 11.8 Å². The standard InChI is InChI=1S/C30H39ClN2O9.C28H37ClN2O8.C2H4O2.3CHF3O3S.Sc/c1-16-9-8-10-23(39-7)30(37)15-22(41-28(36)32-30)17(2)27-29(4,42-27)24(40-18(3)34)14-25(35)33(5)20-12-19(11-16)13-21(38-6)26(20)31;1-15-8-7-9-22(37-6)28(35)14-20(38-26(34)30-28)16(2)25-27(3,39-25)21(32)13-23(33)31(4)18-11-17(10-15)12-19(36-5)24(18)29;1-2(3)4;3*2-1(3,4)8(5,6)7;/h8-10,12-13,17,22-24,27,37H,11,14-15H2,1-7H3,(H,32,36);7-9,11-12,16,20-22,25,32,35H,10,13-14H2,1-6H3,(H,30,34);1H3,(H,3,4);3*(H,5,6,7);/b10-8+,16-9+;9-7+,15-8+;;;;;/t17-,22+,23-,24+,27?,29+,30+;16-,20+,21+,22-,25?,27+,28+;;;;;/m11...../s1. The molecule has 2 aromatic rings. The van der Waals surface area contributed by atoms with Gasteiger partial charge in [0.25, 0.3) is 5.97 Å². The molecule has 621 valence electrons.